The average molecular weight is 322 g/mol. The number of nitrogen functional groups attached to an aromatic ring is 1. The third kappa shape index (κ3) is 2.58. The van der Waals surface area contributed by atoms with Crippen molar-refractivity contribution in [1.82, 2.24) is 9.97 Å². The third-order valence-corrected chi connectivity index (χ3v) is 3.31. The molecule has 1 aromatic carbocycles. The Morgan fingerprint density at radius 1 is 1.32 bits per heavy atom. The van der Waals surface area contributed by atoms with Crippen LogP contribution in [0, 0.1) is 6.92 Å². The van der Waals surface area contributed by atoms with Crippen molar-refractivity contribution in [2.45, 2.75) is 6.92 Å². The first-order valence-electron chi connectivity index (χ1n) is 5.52. The van der Waals surface area contributed by atoms with Crippen molar-refractivity contribution in [3.8, 4) is 11.4 Å². The van der Waals surface area contributed by atoms with Crippen LogP contribution >= 0.6 is 15.9 Å². The van der Waals surface area contributed by atoms with Gasteiger partial charge in [0.05, 0.1) is 12.8 Å². The van der Waals surface area contributed by atoms with Crippen LogP contribution < -0.4 is 5.73 Å². The Morgan fingerprint density at radius 3 is 2.58 bits per heavy atom. The number of benzene rings is 1. The van der Waals surface area contributed by atoms with Crippen molar-refractivity contribution in [3.63, 3.8) is 0 Å². The second-order valence-electron chi connectivity index (χ2n) is 3.86. The lowest BCUT2D eigenvalue weighted by Crippen LogP contribution is -2.12. The highest BCUT2D eigenvalue weighted by molar-refractivity contribution is 9.10. The number of carbonyl (C=O) groups is 1. The van der Waals surface area contributed by atoms with E-state index in [4.69, 9.17) is 5.73 Å². The Bertz CT molecular complexity index is 621. The fourth-order valence-corrected chi connectivity index (χ4v) is 2.17. The number of carbonyl (C=O) groups excluding carboxylic acids is 1. The predicted molar refractivity (Wildman–Crippen MR) is 75.7 cm³/mol. The molecule has 0 amide bonds. The van der Waals surface area contributed by atoms with Gasteiger partial charge in [-0.2, -0.15) is 0 Å². The van der Waals surface area contributed by atoms with Gasteiger partial charge in [-0.1, -0.05) is 34.1 Å². The molecule has 2 N–H and O–H groups in total. The zero-order valence-corrected chi connectivity index (χ0v) is 12.1. The summed E-state index contributed by atoms with van der Waals surface area (Å²) in [5.74, 6) is 0.0499. The topological polar surface area (TPSA) is 78.1 Å². The van der Waals surface area contributed by atoms with Gasteiger partial charge < -0.3 is 10.5 Å². The van der Waals surface area contributed by atoms with Crippen molar-refractivity contribution < 1.29 is 9.53 Å². The number of nitrogens with zero attached hydrogens (tertiary/aromatic N) is 2. The standard InChI is InChI=1S/C13H12BrN3O2/c1-7-10(13(18)19-2)11(15)17-12(16-7)8-5-3-4-6-9(8)14/h3-6H,1-2H3,(H2,15,16,17). The predicted octanol–water partition coefficient (Wildman–Crippen LogP) is 2.58. The van der Waals surface area contributed by atoms with Crippen LogP contribution in [0.1, 0.15) is 16.1 Å². The van der Waals surface area contributed by atoms with Crippen molar-refractivity contribution >= 4 is 27.7 Å². The number of aromatic nitrogens is 2. The summed E-state index contributed by atoms with van der Waals surface area (Å²) >= 11 is 3.43. The van der Waals surface area contributed by atoms with E-state index in [2.05, 4.69) is 30.6 Å². The van der Waals surface area contributed by atoms with Gasteiger partial charge in [0.2, 0.25) is 0 Å². The van der Waals surface area contributed by atoms with Gasteiger partial charge in [0.15, 0.2) is 5.82 Å². The van der Waals surface area contributed by atoms with E-state index < -0.39 is 5.97 Å². The quantitative estimate of drug-likeness (QED) is 0.860. The fourth-order valence-electron chi connectivity index (χ4n) is 1.71. The molecule has 2 rings (SSSR count). The van der Waals surface area contributed by atoms with Crippen LogP contribution in [0.15, 0.2) is 28.7 Å². The van der Waals surface area contributed by atoms with E-state index in [1.807, 2.05) is 24.3 Å². The summed E-state index contributed by atoms with van der Waals surface area (Å²) in [6.07, 6.45) is 0. The maximum Gasteiger partial charge on any atom is 0.343 e. The molecule has 0 unspecified atom stereocenters. The molecule has 0 aliphatic rings. The Morgan fingerprint density at radius 2 is 2.00 bits per heavy atom. The molecule has 6 heteroatoms. The normalized spacial score (nSPS) is 10.3. The molecule has 0 bridgehead atoms. The van der Waals surface area contributed by atoms with E-state index in [0.29, 0.717) is 11.5 Å². The van der Waals surface area contributed by atoms with E-state index >= 15 is 0 Å². The number of methoxy groups -OCH3 is 1. The molecule has 5 nitrogen and oxygen atoms in total. The fraction of sp³-hybridized carbons (Fsp3) is 0.154. The minimum Gasteiger partial charge on any atom is -0.465 e. The third-order valence-electron chi connectivity index (χ3n) is 2.62. The van der Waals surface area contributed by atoms with E-state index in [-0.39, 0.29) is 11.4 Å². The van der Waals surface area contributed by atoms with Crippen molar-refractivity contribution in [2.24, 2.45) is 0 Å². The molecule has 0 saturated heterocycles. The van der Waals surface area contributed by atoms with E-state index in [1.165, 1.54) is 7.11 Å². The Hall–Kier alpha value is -1.95. The summed E-state index contributed by atoms with van der Waals surface area (Å²) in [6.45, 7) is 1.70. The molecule has 98 valence electrons. The minimum atomic E-state index is -0.534. The first-order valence-corrected chi connectivity index (χ1v) is 6.31. The molecule has 0 saturated carbocycles. The molecule has 1 heterocycles. The first-order chi connectivity index (χ1) is 9.04. The summed E-state index contributed by atoms with van der Waals surface area (Å²) in [5.41, 5.74) is 7.33. The van der Waals surface area contributed by atoms with Crippen LogP contribution in [-0.2, 0) is 4.74 Å². The minimum absolute atomic E-state index is 0.116. The van der Waals surface area contributed by atoms with Gasteiger partial charge in [0, 0.05) is 10.0 Å². The van der Waals surface area contributed by atoms with Gasteiger partial charge >= 0.3 is 5.97 Å². The molecule has 0 aliphatic carbocycles. The number of hydrogen-bond donors (Lipinski definition) is 1. The Labute approximate surface area is 119 Å². The molecule has 0 atom stereocenters. The first kappa shape index (κ1) is 13.5. The van der Waals surface area contributed by atoms with Gasteiger partial charge in [-0.05, 0) is 13.0 Å². The summed E-state index contributed by atoms with van der Waals surface area (Å²) in [7, 11) is 1.29. The van der Waals surface area contributed by atoms with Crippen LogP contribution in [0.25, 0.3) is 11.4 Å². The van der Waals surface area contributed by atoms with Gasteiger partial charge in [0.25, 0.3) is 0 Å². The summed E-state index contributed by atoms with van der Waals surface area (Å²) in [4.78, 5) is 20.1. The highest BCUT2D eigenvalue weighted by Gasteiger charge is 2.18. The number of nitrogens with two attached hydrogens (primary N) is 1. The van der Waals surface area contributed by atoms with Crippen LogP contribution in [-0.4, -0.2) is 23.0 Å². The van der Waals surface area contributed by atoms with Crippen molar-refractivity contribution in [2.75, 3.05) is 12.8 Å². The number of esters is 1. The SMILES string of the molecule is COC(=O)c1c(C)nc(-c2ccccc2Br)nc1N. The second kappa shape index (κ2) is 5.36. The molecule has 0 spiro atoms. The van der Waals surface area contributed by atoms with Crippen molar-refractivity contribution in [1.29, 1.82) is 0 Å². The van der Waals surface area contributed by atoms with E-state index in [1.54, 1.807) is 6.92 Å². The van der Waals surface area contributed by atoms with Gasteiger partial charge in [-0.3, -0.25) is 0 Å². The molecular weight excluding hydrogens is 310 g/mol. The molecule has 0 fully saturated rings. The average Bonchev–Trinajstić information content (AvgIpc) is 2.38. The lowest BCUT2D eigenvalue weighted by Gasteiger charge is -2.09. The number of ether oxygens (including phenoxy) is 1. The lowest BCUT2D eigenvalue weighted by molar-refractivity contribution is 0.0600. The summed E-state index contributed by atoms with van der Waals surface area (Å²) in [5, 5.41) is 0. The van der Waals surface area contributed by atoms with Crippen LogP contribution in [0.2, 0.25) is 0 Å². The monoisotopic (exact) mass is 321 g/mol. The molecular formula is C13H12BrN3O2. The summed E-state index contributed by atoms with van der Waals surface area (Å²) in [6, 6.07) is 7.53. The van der Waals surface area contributed by atoms with E-state index in [9.17, 15) is 4.79 Å². The van der Waals surface area contributed by atoms with Gasteiger partial charge in [-0.15, -0.1) is 0 Å². The van der Waals surface area contributed by atoms with E-state index in [0.717, 1.165) is 10.0 Å². The Balaban J connectivity index is 2.58. The maximum atomic E-state index is 11.6. The molecule has 2 aromatic rings. The van der Waals surface area contributed by atoms with Gasteiger partial charge in [0.1, 0.15) is 11.4 Å². The summed E-state index contributed by atoms with van der Waals surface area (Å²) < 4.78 is 5.52. The molecule has 1 aromatic heterocycles. The highest BCUT2D eigenvalue weighted by atomic mass is 79.9. The zero-order chi connectivity index (χ0) is 14.0. The lowest BCUT2D eigenvalue weighted by atomic mass is 10.1. The highest BCUT2D eigenvalue weighted by Crippen LogP contribution is 2.27. The van der Waals surface area contributed by atoms with Crippen LogP contribution in [0.3, 0.4) is 0 Å². The number of anilines is 1. The molecule has 19 heavy (non-hydrogen) atoms. The van der Waals surface area contributed by atoms with Gasteiger partial charge in [-0.25, -0.2) is 14.8 Å². The molecule has 0 aliphatic heterocycles. The molecule has 0 radical (unpaired) electrons. The van der Waals surface area contributed by atoms with Crippen LogP contribution in [0.4, 0.5) is 5.82 Å². The Kier molecular flexibility index (Phi) is 3.80. The number of aryl methyl sites for hydroxylation is 1. The number of rotatable bonds is 2. The zero-order valence-electron chi connectivity index (χ0n) is 10.5. The smallest absolute Gasteiger partial charge is 0.343 e. The van der Waals surface area contributed by atoms with Crippen LogP contribution in [0.5, 0.6) is 0 Å². The van der Waals surface area contributed by atoms with Crippen molar-refractivity contribution in [3.05, 3.63) is 40.0 Å². The largest absolute Gasteiger partial charge is 0.465 e. The second-order valence-corrected chi connectivity index (χ2v) is 4.72. The number of halogens is 1. The maximum absolute atomic E-state index is 11.6. The number of hydrogen-bond acceptors (Lipinski definition) is 5.